The molecule has 0 radical (unpaired) electrons. The number of nitrogens with zero attached hydrogens (tertiary/aromatic N) is 1. The van der Waals surface area contributed by atoms with E-state index in [9.17, 15) is 9.59 Å². The van der Waals surface area contributed by atoms with Crippen LogP contribution >= 0.6 is 12.4 Å². The minimum Gasteiger partial charge on any atom is -0.372 e. The van der Waals surface area contributed by atoms with E-state index in [1.807, 2.05) is 18.7 Å². The normalized spacial score (nSPS) is 26.0. The van der Waals surface area contributed by atoms with E-state index in [4.69, 9.17) is 4.74 Å². The van der Waals surface area contributed by atoms with Crippen LogP contribution in [0.25, 0.3) is 0 Å². The van der Waals surface area contributed by atoms with Crippen LogP contribution in [0.1, 0.15) is 30.6 Å². The average Bonchev–Trinajstić information content (AvgIpc) is 3.08. The minimum atomic E-state index is 0. The maximum Gasteiger partial charge on any atom is 0.254 e. The monoisotopic (exact) mass is 367 g/mol. The van der Waals surface area contributed by atoms with Gasteiger partial charge in [-0.25, -0.2) is 0 Å². The van der Waals surface area contributed by atoms with E-state index in [0.717, 1.165) is 25.2 Å². The zero-order chi connectivity index (χ0) is 17.1. The predicted octanol–water partition coefficient (Wildman–Crippen LogP) is 1.91. The van der Waals surface area contributed by atoms with Gasteiger partial charge in [0, 0.05) is 30.9 Å². The van der Waals surface area contributed by atoms with Gasteiger partial charge in [0.05, 0.1) is 18.1 Å². The van der Waals surface area contributed by atoms with Crippen molar-refractivity contribution in [3.8, 4) is 0 Å². The molecule has 2 N–H and O–H groups in total. The van der Waals surface area contributed by atoms with E-state index >= 15 is 0 Å². The molecule has 3 unspecified atom stereocenters. The van der Waals surface area contributed by atoms with Gasteiger partial charge in [0.1, 0.15) is 0 Å². The highest BCUT2D eigenvalue weighted by molar-refractivity contribution is 5.96. The van der Waals surface area contributed by atoms with Crippen LogP contribution in [-0.4, -0.2) is 55.1 Å². The van der Waals surface area contributed by atoms with Crippen molar-refractivity contribution in [3.05, 3.63) is 29.8 Å². The summed E-state index contributed by atoms with van der Waals surface area (Å²) in [5.74, 6) is 0.0763. The largest absolute Gasteiger partial charge is 0.372 e. The summed E-state index contributed by atoms with van der Waals surface area (Å²) in [6.45, 7) is 6.79. The molecule has 7 heteroatoms. The number of amides is 2. The first-order valence-electron chi connectivity index (χ1n) is 8.59. The fraction of sp³-hybridized carbons (Fsp3) is 0.556. The Hall–Kier alpha value is -1.63. The molecule has 2 saturated heterocycles. The Morgan fingerprint density at radius 2 is 1.80 bits per heavy atom. The molecule has 3 atom stereocenters. The Bertz CT molecular complexity index is 592. The molecule has 2 aliphatic rings. The van der Waals surface area contributed by atoms with E-state index in [1.54, 1.807) is 24.3 Å². The number of ether oxygens (including phenoxy) is 1. The molecule has 0 aromatic heterocycles. The third-order valence-electron chi connectivity index (χ3n) is 4.54. The van der Waals surface area contributed by atoms with Gasteiger partial charge in [-0.2, -0.15) is 0 Å². The lowest BCUT2D eigenvalue weighted by Crippen LogP contribution is -2.48. The van der Waals surface area contributed by atoms with Crippen LogP contribution in [0.15, 0.2) is 24.3 Å². The fourth-order valence-corrected chi connectivity index (χ4v) is 3.35. The first-order chi connectivity index (χ1) is 11.5. The lowest BCUT2D eigenvalue weighted by atomic mass is 10.1. The standard InChI is InChI=1S/C18H25N3O3.ClH/c1-12-10-21(11-13(2)24-12)18(23)14-3-5-16(6-4-14)20-17(22)15-7-8-19-9-15;/h3-6,12-13,15,19H,7-11H2,1-2H3,(H,20,22);1H. The maximum atomic E-state index is 12.6. The number of morpholine rings is 1. The van der Waals surface area contributed by atoms with Crippen molar-refractivity contribution in [2.45, 2.75) is 32.5 Å². The second-order valence-corrected chi connectivity index (χ2v) is 6.72. The van der Waals surface area contributed by atoms with Crippen LogP contribution < -0.4 is 10.6 Å². The Labute approximate surface area is 154 Å². The van der Waals surface area contributed by atoms with E-state index in [2.05, 4.69) is 10.6 Å². The van der Waals surface area contributed by atoms with Gasteiger partial charge in [-0.1, -0.05) is 0 Å². The highest BCUT2D eigenvalue weighted by Crippen LogP contribution is 2.17. The number of carbonyl (C=O) groups excluding carboxylic acids is 2. The predicted molar refractivity (Wildman–Crippen MR) is 99.2 cm³/mol. The topological polar surface area (TPSA) is 70.7 Å². The number of anilines is 1. The summed E-state index contributed by atoms with van der Waals surface area (Å²) in [6, 6.07) is 7.13. The number of halogens is 1. The van der Waals surface area contributed by atoms with Gasteiger partial charge in [0.25, 0.3) is 5.91 Å². The summed E-state index contributed by atoms with van der Waals surface area (Å²) in [4.78, 5) is 26.6. The van der Waals surface area contributed by atoms with Crippen LogP contribution in [0.2, 0.25) is 0 Å². The fourth-order valence-electron chi connectivity index (χ4n) is 3.35. The second kappa shape index (κ2) is 8.65. The smallest absolute Gasteiger partial charge is 0.254 e. The lowest BCUT2D eigenvalue weighted by Gasteiger charge is -2.35. The SMILES string of the molecule is CC1CN(C(=O)c2ccc(NC(=O)C3CCNC3)cc2)CC(C)O1.Cl. The molecule has 3 rings (SSSR count). The van der Waals surface area contributed by atoms with Gasteiger partial charge >= 0.3 is 0 Å². The summed E-state index contributed by atoms with van der Waals surface area (Å²) < 4.78 is 5.67. The van der Waals surface area contributed by atoms with Crippen molar-refractivity contribution in [2.75, 3.05) is 31.5 Å². The maximum absolute atomic E-state index is 12.6. The number of hydrogen-bond acceptors (Lipinski definition) is 4. The summed E-state index contributed by atoms with van der Waals surface area (Å²) in [5.41, 5.74) is 1.36. The van der Waals surface area contributed by atoms with E-state index < -0.39 is 0 Å². The third kappa shape index (κ3) is 4.93. The Balaban J connectivity index is 0.00000225. The van der Waals surface area contributed by atoms with Gasteiger partial charge in [0.15, 0.2) is 0 Å². The van der Waals surface area contributed by atoms with Crippen molar-refractivity contribution < 1.29 is 14.3 Å². The first kappa shape index (κ1) is 19.7. The highest BCUT2D eigenvalue weighted by Gasteiger charge is 2.27. The molecule has 6 nitrogen and oxygen atoms in total. The number of carbonyl (C=O) groups is 2. The third-order valence-corrected chi connectivity index (χ3v) is 4.54. The van der Waals surface area contributed by atoms with Crippen molar-refractivity contribution in [2.24, 2.45) is 5.92 Å². The summed E-state index contributed by atoms with van der Waals surface area (Å²) >= 11 is 0. The molecule has 2 aliphatic heterocycles. The number of nitrogens with one attached hydrogen (secondary N) is 2. The van der Waals surface area contributed by atoms with Crippen molar-refractivity contribution in [1.29, 1.82) is 0 Å². The van der Waals surface area contributed by atoms with Gasteiger partial charge in [-0.05, 0) is 51.1 Å². The Morgan fingerprint density at radius 3 is 2.36 bits per heavy atom. The summed E-state index contributed by atoms with van der Waals surface area (Å²) in [7, 11) is 0. The van der Waals surface area contributed by atoms with Gasteiger partial charge in [0.2, 0.25) is 5.91 Å². The number of benzene rings is 1. The molecule has 138 valence electrons. The van der Waals surface area contributed by atoms with E-state index in [-0.39, 0.29) is 42.3 Å². The van der Waals surface area contributed by atoms with Crippen LogP contribution in [0.5, 0.6) is 0 Å². The number of rotatable bonds is 3. The lowest BCUT2D eigenvalue weighted by molar-refractivity contribution is -0.119. The molecular formula is C18H26ClN3O3. The average molecular weight is 368 g/mol. The van der Waals surface area contributed by atoms with Crippen LogP contribution in [0.3, 0.4) is 0 Å². The molecule has 1 aromatic rings. The van der Waals surface area contributed by atoms with E-state index in [1.165, 1.54) is 0 Å². The highest BCUT2D eigenvalue weighted by atomic mass is 35.5. The zero-order valence-electron chi connectivity index (χ0n) is 14.7. The van der Waals surface area contributed by atoms with Gasteiger partial charge in [-0.3, -0.25) is 9.59 Å². The quantitative estimate of drug-likeness (QED) is 0.856. The molecule has 0 saturated carbocycles. The Morgan fingerprint density at radius 1 is 1.16 bits per heavy atom. The second-order valence-electron chi connectivity index (χ2n) is 6.72. The molecular weight excluding hydrogens is 342 g/mol. The molecule has 25 heavy (non-hydrogen) atoms. The Kier molecular flexibility index (Phi) is 6.81. The summed E-state index contributed by atoms with van der Waals surface area (Å²) in [5, 5.41) is 6.11. The molecule has 0 bridgehead atoms. The van der Waals surface area contributed by atoms with Crippen LogP contribution in [0, 0.1) is 5.92 Å². The van der Waals surface area contributed by atoms with Crippen molar-refractivity contribution >= 4 is 29.9 Å². The van der Waals surface area contributed by atoms with Crippen LogP contribution in [0.4, 0.5) is 5.69 Å². The molecule has 1 aromatic carbocycles. The minimum absolute atomic E-state index is 0. The first-order valence-corrected chi connectivity index (χ1v) is 8.59. The zero-order valence-corrected chi connectivity index (χ0v) is 15.5. The molecule has 2 fully saturated rings. The van der Waals surface area contributed by atoms with Crippen molar-refractivity contribution in [3.63, 3.8) is 0 Å². The van der Waals surface area contributed by atoms with Gasteiger partial charge < -0.3 is 20.3 Å². The van der Waals surface area contributed by atoms with Gasteiger partial charge in [-0.15, -0.1) is 12.4 Å². The number of hydrogen-bond donors (Lipinski definition) is 2. The van der Waals surface area contributed by atoms with Crippen molar-refractivity contribution in [1.82, 2.24) is 10.2 Å². The molecule has 0 aliphatic carbocycles. The van der Waals surface area contributed by atoms with E-state index in [0.29, 0.717) is 18.7 Å². The molecule has 2 amide bonds. The van der Waals surface area contributed by atoms with Crippen LogP contribution in [-0.2, 0) is 9.53 Å². The summed E-state index contributed by atoms with van der Waals surface area (Å²) in [6.07, 6.45) is 0.975. The molecule has 2 heterocycles. The molecule has 0 spiro atoms.